The van der Waals surface area contributed by atoms with Crippen molar-refractivity contribution in [3.8, 4) is 0 Å². The summed E-state index contributed by atoms with van der Waals surface area (Å²) >= 11 is 0. The van der Waals surface area contributed by atoms with Crippen LogP contribution in [0.2, 0.25) is 0 Å². The Morgan fingerprint density at radius 3 is 2.47 bits per heavy atom. The molecule has 0 unspecified atom stereocenters. The zero-order chi connectivity index (χ0) is 13.8. The van der Waals surface area contributed by atoms with Gasteiger partial charge in [-0.15, -0.1) is 0 Å². The van der Waals surface area contributed by atoms with Gasteiger partial charge in [-0.1, -0.05) is 0 Å². The molecule has 1 heterocycles. The average Bonchev–Trinajstić information content (AvgIpc) is 2.82. The van der Waals surface area contributed by atoms with Crippen LogP contribution in [0.1, 0.15) is 23.2 Å². The summed E-state index contributed by atoms with van der Waals surface area (Å²) < 4.78 is 0. The Balaban J connectivity index is 2.03. The van der Waals surface area contributed by atoms with E-state index in [9.17, 15) is 19.5 Å². The lowest BCUT2D eigenvalue weighted by Crippen LogP contribution is -2.37. The molecule has 0 radical (unpaired) electrons. The van der Waals surface area contributed by atoms with Crippen molar-refractivity contribution in [2.75, 3.05) is 18.0 Å². The van der Waals surface area contributed by atoms with E-state index in [4.69, 9.17) is 0 Å². The summed E-state index contributed by atoms with van der Waals surface area (Å²) in [6, 6.07) is 6.48. The molecule has 1 fully saturated rings. The van der Waals surface area contributed by atoms with Crippen LogP contribution in [0, 0.1) is 0 Å². The van der Waals surface area contributed by atoms with Gasteiger partial charge in [0.2, 0.25) is 5.91 Å². The van der Waals surface area contributed by atoms with E-state index in [-0.39, 0.29) is 5.91 Å². The van der Waals surface area contributed by atoms with Gasteiger partial charge in [-0.25, -0.2) is 0 Å². The Bertz CT molecular complexity index is 510. The van der Waals surface area contributed by atoms with Gasteiger partial charge in [-0.05, 0) is 30.7 Å². The van der Waals surface area contributed by atoms with E-state index < -0.39 is 18.4 Å². The lowest BCUT2D eigenvalue weighted by molar-refractivity contribution is -0.303. The number of hydrogen-bond donors (Lipinski definition) is 1. The highest BCUT2D eigenvalue weighted by molar-refractivity contribution is 5.98. The van der Waals surface area contributed by atoms with Gasteiger partial charge in [0.1, 0.15) is 0 Å². The number of nitrogens with zero attached hydrogens (tertiary/aromatic N) is 1. The Labute approximate surface area is 110 Å². The smallest absolute Gasteiger partial charge is 0.251 e. The van der Waals surface area contributed by atoms with Gasteiger partial charge in [-0.3, -0.25) is 9.59 Å². The highest BCUT2D eigenvalue weighted by Gasteiger charge is 2.21. The van der Waals surface area contributed by atoms with E-state index in [2.05, 4.69) is 5.32 Å². The van der Waals surface area contributed by atoms with Crippen LogP contribution in [-0.2, 0) is 9.59 Å². The Kier molecular flexibility index (Phi) is 3.79. The molecule has 6 nitrogen and oxygen atoms in total. The van der Waals surface area contributed by atoms with E-state index in [1.807, 2.05) is 0 Å². The molecule has 1 N–H and O–H groups in total. The van der Waals surface area contributed by atoms with E-state index in [1.165, 1.54) is 0 Å². The van der Waals surface area contributed by atoms with Gasteiger partial charge >= 0.3 is 0 Å². The Morgan fingerprint density at radius 1 is 1.26 bits per heavy atom. The second-order valence-corrected chi connectivity index (χ2v) is 4.25. The zero-order valence-corrected chi connectivity index (χ0v) is 10.2. The fourth-order valence-electron chi connectivity index (χ4n) is 1.97. The number of benzene rings is 1. The third-order valence-electron chi connectivity index (χ3n) is 2.91. The van der Waals surface area contributed by atoms with Crippen LogP contribution < -0.4 is 15.3 Å². The van der Waals surface area contributed by atoms with Crippen molar-refractivity contribution in [3.63, 3.8) is 0 Å². The molecule has 2 rings (SSSR count). The SMILES string of the molecule is O=C([O-])CNC(=O)c1ccc(N2CCCC2=O)cc1. The Hall–Kier alpha value is -2.37. The summed E-state index contributed by atoms with van der Waals surface area (Å²) in [6.45, 7) is 0.167. The van der Waals surface area contributed by atoms with Crippen molar-refractivity contribution in [1.29, 1.82) is 0 Å². The van der Waals surface area contributed by atoms with Gasteiger partial charge in [0.25, 0.3) is 5.91 Å². The number of carboxylic acids is 1. The van der Waals surface area contributed by atoms with Crippen molar-refractivity contribution in [1.82, 2.24) is 5.32 Å². The summed E-state index contributed by atoms with van der Waals surface area (Å²) in [5.41, 5.74) is 1.09. The van der Waals surface area contributed by atoms with Crippen molar-refractivity contribution in [2.24, 2.45) is 0 Å². The third-order valence-corrected chi connectivity index (χ3v) is 2.91. The third kappa shape index (κ3) is 3.09. The molecule has 1 aromatic rings. The fourth-order valence-corrected chi connectivity index (χ4v) is 1.97. The first-order valence-corrected chi connectivity index (χ1v) is 5.96. The minimum atomic E-state index is -1.34. The molecule has 0 aliphatic carbocycles. The minimum Gasteiger partial charge on any atom is -0.548 e. The number of amides is 2. The molecule has 1 aromatic carbocycles. The van der Waals surface area contributed by atoms with E-state index >= 15 is 0 Å². The molecule has 1 aliphatic rings. The second kappa shape index (κ2) is 5.51. The highest BCUT2D eigenvalue weighted by Crippen LogP contribution is 2.21. The first-order chi connectivity index (χ1) is 9.08. The molecular formula is C13H13N2O4-. The summed E-state index contributed by atoms with van der Waals surface area (Å²) in [6.07, 6.45) is 1.39. The van der Waals surface area contributed by atoms with Crippen LogP contribution in [0.25, 0.3) is 0 Å². The number of aliphatic carboxylic acids is 1. The van der Waals surface area contributed by atoms with Crippen LogP contribution in [0.4, 0.5) is 5.69 Å². The van der Waals surface area contributed by atoms with Crippen molar-refractivity contribution in [3.05, 3.63) is 29.8 Å². The first-order valence-electron chi connectivity index (χ1n) is 5.96. The second-order valence-electron chi connectivity index (χ2n) is 4.25. The van der Waals surface area contributed by atoms with Crippen molar-refractivity contribution < 1.29 is 19.5 Å². The molecule has 1 aliphatic heterocycles. The molecular weight excluding hydrogens is 248 g/mol. The largest absolute Gasteiger partial charge is 0.548 e. The number of carbonyl (C=O) groups excluding carboxylic acids is 3. The topological polar surface area (TPSA) is 89.5 Å². The average molecular weight is 261 g/mol. The summed E-state index contributed by atoms with van der Waals surface area (Å²) in [5, 5.41) is 12.4. The number of hydrogen-bond acceptors (Lipinski definition) is 4. The van der Waals surface area contributed by atoms with Crippen molar-refractivity contribution >= 4 is 23.5 Å². The van der Waals surface area contributed by atoms with E-state index in [0.29, 0.717) is 18.5 Å². The minimum absolute atomic E-state index is 0.0779. The molecule has 6 heteroatoms. The van der Waals surface area contributed by atoms with Gasteiger partial charge in [0, 0.05) is 24.2 Å². The van der Waals surface area contributed by atoms with Gasteiger partial charge < -0.3 is 20.1 Å². The molecule has 0 atom stereocenters. The fraction of sp³-hybridized carbons (Fsp3) is 0.308. The van der Waals surface area contributed by atoms with E-state index in [1.54, 1.807) is 29.2 Å². The normalized spacial score (nSPS) is 14.5. The lowest BCUT2D eigenvalue weighted by atomic mass is 10.2. The van der Waals surface area contributed by atoms with Crippen LogP contribution in [0.3, 0.4) is 0 Å². The number of carboxylic acid groups (broad SMARTS) is 1. The Morgan fingerprint density at radius 2 is 1.95 bits per heavy atom. The molecule has 0 spiro atoms. The van der Waals surface area contributed by atoms with Gasteiger partial charge in [-0.2, -0.15) is 0 Å². The van der Waals surface area contributed by atoms with Gasteiger partial charge in [0.15, 0.2) is 0 Å². The monoisotopic (exact) mass is 261 g/mol. The molecule has 0 aromatic heterocycles. The van der Waals surface area contributed by atoms with Crippen LogP contribution in [-0.4, -0.2) is 30.9 Å². The quantitative estimate of drug-likeness (QED) is 0.775. The molecule has 0 bridgehead atoms. The summed E-state index contributed by atoms with van der Waals surface area (Å²) in [5.74, 6) is -1.75. The maximum Gasteiger partial charge on any atom is 0.251 e. The summed E-state index contributed by atoms with van der Waals surface area (Å²) in [7, 11) is 0. The number of nitrogens with one attached hydrogen (secondary N) is 1. The molecule has 100 valence electrons. The highest BCUT2D eigenvalue weighted by atomic mass is 16.4. The maximum atomic E-state index is 11.6. The van der Waals surface area contributed by atoms with Crippen LogP contribution >= 0.6 is 0 Å². The van der Waals surface area contributed by atoms with Crippen LogP contribution in [0.15, 0.2) is 24.3 Å². The van der Waals surface area contributed by atoms with E-state index in [0.717, 1.165) is 12.1 Å². The molecule has 19 heavy (non-hydrogen) atoms. The lowest BCUT2D eigenvalue weighted by Gasteiger charge is -2.15. The number of rotatable bonds is 4. The first kappa shape index (κ1) is 13.1. The number of carbonyl (C=O) groups is 3. The summed E-state index contributed by atoms with van der Waals surface area (Å²) in [4.78, 5) is 35.0. The standard InChI is InChI=1S/C13H14N2O4/c16-11-2-1-7-15(11)10-5-3-9(4-6-10)13(19)14-8-12(17)18/h3-6H,1-2,7-8H2,(H,14,19)(H,17,18)/p-1. The predicted molar refractivity (Wildman–Crippen MR) is 65.4 cm³/mol. The zero-order valence-electron chi connectivity index (χ0n) is 10.2. The molecule has 1 saturated heterocycles. The van der Waals surface area contributed by atoms with Gasteiger partial charge in [0.05, 0.1) is 12.5 Å². The molecule has 0 saturated carbocycles. The van der Waals surface area contributed by atoms with Crippen LogP contribution in [0.5, 0.6) is 0 Å². The predicted octanol–water partition coefficient (Wildman–Crippen LogP) is -0.707. The molecule has 2 amide bonds. The maximum absolute atomic E-state index is 11.6. The van der Waals surface area contributed by atoms with Crippen molar-refractivity contribution in [2.45, 2.75) is 12.8 Å². The number of anilines is 1.